The number of halogens is 1. The minimum atomic E-state index is -0.415. The fourth-order valence-electron chi connectivity index (χ4n) is 2.39. The lowest BCUT2D eigenvalue weighted by molar-refractivity contribution is 0.0926. The molecule has 22 heavy (non-hydrogen) atoms. The monoisotopic (exact) mass is 372 g/mol. The maximum absolute atomic E-state index is 12.3. The predicted octanol–water partition coefficient (Wildman–Crippen LogP) is 1.17. The third-order valence-corrected chi connectivity index (χ3v) is 4.20. The summed E-state index contributed by atoms with van der Waals surface area (Å²) in [7, 11) is 1.53. The first-order valence-electron chi connectivity index (χ1n) is 7.24. The van der Waals surface area contributed by atoms with Crippen molar-refractivity contribution in [3.05, 3.63) is 22.2 Å². The van der Waals surface area contributed by atoms with Gasteiger partial charge in [0.1, 0.15) is 0 Å². The molecule has 0 saturated carbocycles. The lowest BCUT2D eigenvalue weighted by Gasteiger charge is -2.16. The average molecular weight is 373 g/mol. The summed E-state index contributed by atoms with van der Waals surface area (Å²) in [5.41, 5.74) is 0.479. The minimum Gasteiger partial charge on any atom is -0.493 e. The fraction of sp³-hybridized carbons (Fsp3) is 0.533. The maximum atomic E-state index is 12.3. The zero-order chi connectivity index (χ0) is 16.1. The van der Waals surface area contributed by atoms with Crippen LogP contribution in [0.25, 0.3) is 0 Å². The second-order valence-electron chi connectivity index (χ2n) is 5.12. The Morgan fingerprint density at radius 1 is 1.50 bits per heavy atom. The van der Waals surface area contributed by atoms with Crippen molar-refractivity contribution in [2.24, 2.45) is 5.92 Å². The molecule has 1 fully saturated rings. The highest BCUT2D eigenvalue weighted by Gasteiger charge is 2.25. The van der Waals surface area contributed by atoms with Crippen LogP contribution in [0.5, 0.6) is 11.5 Å². The van der Waals surface area contributed by atoms with Crippen molar-refractivity contribution in [3.8, 4) is 11.5 Å². The van der Waals surface area contributed by atoms with Crippen LogP contribution >= 0.6 is 15.9 Å². The molecule has 2 unspecified atom stereocenters. The van der Waals surface area contributed by atoms with Gasteiger partial charge < -0.3 is 25.2 Å². The van der Waals surface area contributed by atoms with Crippen LogP contribution < -0.4 is 20.1 Å². The summed E-state index contributed by atoms with van der Waals surface area (Å²) in [4.78, 5) is 12.3. The first-order valence-corrected chi connectivity index (χ1v) is 8.03. The highest BCUT2D eigenvalue weighted by Crippen LogP contribution is 2.36. The van der Waals surface area contributed by atoms with Crippen molar-refractivity contribution >= 4 is 21.8 Å². The standard InChI is InChI=1S/C15H21BrN2O4/c1-3-22-14-11(16)4-9(5-13(14)21-2)15(20)18-7-10-6-17-8-12(10)19/h4-5,10,12,17,19H,3,6-8H2,1-2H3,(H,18,20). The van der Waals surface area contributed by atoms with E-state index >= 15 is 0 Å². The Labute approximate surface area is 138 Å². The zero-order valence-corrected chi connectivity index (χ0v) is 14.3. The maximum Gasteiger partial charge on any atom is 0.251 e. The van der Waals surface area contributed by atoms with E-state index in [1.165, 1.54) is 7.11 Å². The SMILES string of the molecule is CCOc1c(Br)cc(C(=O)NCC2CNCC2O)cc1OC. The molecule has 6 nitrogen and oxygen atoms in total. The van der Waals surface area contributed by atoms with Crippen LogP contribution in [0.15, 0.2) is 16.6 Å². The molecule has 3 N–H and O–H groups in total. The summed E-state index contributed by atoms with van der Waals surface area (Å²) in [6, 6.07) is 3.35. The van der Waals surface area contributed by atoms with Crippen molar-refractivity contribution in [1.82, 2.24) is 10.6 Å². The van der Waals surface area contributed by atoms with Crippen LogP contribution in [0.1, 0.15) is 17.3 Å². The van der Waals surface area contributed by atoms with E-state index in [1.54, 1.807) is 12.1 Å². The number of nitrogens with one attached hydrogen (secondary N) is 2. The van der Waals surface area contributed by atoms with Gasteiger partial charge in [-0.25, -0.2) is 0 Å². The number of rotatable bonds is 6. The van der Waals surface area contributed by atoms with E-state index in [1.807, 2.05) is 6.92 Å². The molecular weight excluding hydrogens is 352 g/mol. The third-order valence-electron chi connectivity index (χ3n) is 3.61. The van der Waals surface area contributed by atoms with Crippen LogP contribution in [0.2, 0.25) is 0 Å². The Kier molecular flexibility index (Phi) is 6.05. The summed E-state index contributed by atoms with van der Waals surface area (Å²) >= 11 is 3.40. The van der Waals surface area contributed by atoms with Gasteiger partial charge in [0, 0.05) is 31.1 Å². The smallest absolute Gasteiger partial charge is 0.251 e. The normalized spacial score (nSPS) is 20.7. The van der Waals surface area contributed by atoms with Gasteiger partial charge in [-0.1, -0.05) is 0 Å². The molecule has 1 aliphatic rings. The largest absolute Gasteiger partial charge is 0.493 e. The lowest BCUT2D eigenvalue weighted by Crippen LogP contribution is -2.34. The fourth-order valence-corrected chi connectivity index (χ4v) is 2.95. The van der Waals surface area contributed by atoms with E-state index in [9.17, 15) is 9.90 Å². The molecular formula is C15H21BrN2O4. The van der Waals surface area contributed by atoms with Crippen LogP contribution in [-0.2, 0) is 0 Å². The number of methoxy groups -OCH3 is 1. The molecule has 2 rings (SSSR count). The predicted molar refractivity (Wildman–Crippen MR) is 86.6 cm³/mol. The van der Waals surface area contributed by atoms with Crippen molar-refractivity contribution in [1.29, 1.82) is 0 Å². The highest BCUT2D eigenvalue weighted by atomic mass is 79.9. The van der Waals surface area contributed by atoms with Gasteiger partial charge in [0.2, 0.25) is 0 Å². The molecule has 122 valence electrons. The molecule has 0 aromatic heterocycles. The van der Waals surface area contributed by atoms with Crippen LogP contribution in [-0.4, -0.2) is 50.5 Å². The van der Waals surface area contributed by atoms with Crippen molar-refractivity contribution < 1.29 is 19.4 Å². The molecule has 0 radical (unpaired) electrons. The van der Waals surface area contributed by atoms with Gasteiger partial charge in [-0.2, -0.15) is 0 Å². The first-order chi connectivity index (χ1) is 10.6. The molecule has 1 aromatic carbocycles. The number of aliphatic hydroxyl groups is 1. The van der Waals surface area contributed by atoms with Crippen molar-refractivity contribution in [3.63, 3.8) is 0 Å². The number of hydrogen-bond donors (Lipinski definition) is 3. The molecule has 1 aromatic rings. The van der Waals surface area contributed by atoms with E-state index < -0.39 is 6.10 Å². The summed E-state index contributed by atoms with van der Waals surface area (Å²) in [5.74, 6) is 0.916. The molecule has 1 saturated heterocycles. The molecule has 1 heterocycles. The number of hydrogen-bond acceptors (Lipinski definition) is 5. The van der Waals surface area contributed by atoms with E-state index in [0.717, 1.165) is 0 Å². The Balaban J connectivity index is 2.07. The molecule has 1 aliphatic heterocycles. The Morgan fingerprint density at radius 2 is 2.27 bits per heavy atom. The van der Waals surface area contributed by atoms with Gasteiger partial charge in [-0.3, -0.25) is 4.79 Å². The van der Waals surface area contributed by atoms with Crippen molar-refractivity contribution in [2.45, 2.75) is 13.0 Å². The van der Waals surface area contributed by atoms with Crippen LogP contribution in [0.4, 0.5) is 0 Å². The molecule has 2 atom stereocenters. The molecule has 7 heteroatoms. The number of benzene rings is 1. The summed E-state index contributed by atoms with van der Waals surface area (Å²) in [6.45, 7) is 4.10. The molecule has 0 spiro atoms. The summed E-state index contributed by atoms with van der Waals surface area (Å²) < 4.78 is 11.5. The van der Waals surface area contributed by atoms with Gasteiger partial charge in [0.05, 0.1) is 24.3 Å². The van der Waals surface area contributed by atoms with Gasteiger partial charge in [0.15, 0.2) is 11.5 Å². The second kappa shape index (κ2) is 7.80. The number of ether oxygens (including phenoxy) is 2. The Morgan fingerprint density at radius 3 is 2.86 bits per heavy atom. The number of aliphatic hydroxyl groups excluding tert-OH is 1. The second-order valence-corrected chi connectivity index (χ2v) is 5.97. The number of β-amino-alcohol motifs (C(OH)–C–C–N with tert-alkyl or cyclic N) is 1. The Bertz CT molecular complexity index is 539. The zero-order valence-electron chi connectivity index (χ0n) is 12.7. The Hall–Kier alpha value is -1.31. The average Bonchev–Trinajstić information content (AvgIpc) is 2.92. The van der Waals surface area contributed by atoms with E-state index in [2.05, 4.69) is 26.6 Å². The van der Waals surface area contributed by atoms with E-state index in [0.29, 0.717) is 47.8 Å². The summed E-state index contributed by atoms with van der Waals surface area (Å²) in [6.07, 6.45) is -0.415. The number of carbonyl (C=O) groups excluding carboxylic acids is 1. The quantitative estimate of drug-likeness (QED) is 0.698. The van der Waals surface area contributed by atoms with Gasteiger partial charge in [0.25, 0.3) is 5.91 Å². The van der Waals surface area contributed by atoms with Gasteiger partial charge >= 0.3 is 0 Å². The van der Waals surface area contributed by atoms with Crippen LogP contribution in [0.3, 0.4) is 0 Å². The van der Waals surface area contributed by atoms with Gasteiger partial charge in [-0.15, -0.1) is 0 Å². The molecule has 1 amide bonds. The van der Waals surface area contributed by atoms with Gasteiger partial charge in [-0.05, 0) is 35.0 Å². The summed E-state index contributed by atoms with van der Waals surface area (Å²) in [5, 5.41) is 15.7. The van der Waals surface area contributed by atoms with Crippen molar-refractivity contribution in [2.75, 3.05) is 33.4 Å². The third kappa shape index (κ3) is 3.91. The van der Waals surface area contributed by atoms with E-state index in [4.69, 9.17) is 9.47 Å². The lowest BCUT2D eigenvalue weighted by atomic mass is 10.1. The first kappa shape index (κ1) is 17.1. The molecule has 0 aliphatic carbocycles. The minimum absolute atomic E-state index is 0.0389. The highest BCUT2D eigenvalue weighted by molar-refractivity contribution is 9.10. The molecule has 0 bridgehead atoms. The van der Waals surface area contributed by atoms with Crippen LogP contribution in [0, 0.1) is 5.92 Å². The topological polar surface area (TPSA) is 79.8 Å². The number of amides is 1. The van der Waals surface area contributed by atoms with E-state index in [-0.39, 0.29) is 11.8 Å². The number of carbonyl (C=O) groups is 1.